The SMILES string of the molecule is C[C@@H](C(=O)Nc1ccc(CC#N)cc1)N(c1ccc(Oc2ccccc2)cc1)S(C)(=O)=O. The van der Waals surface area contributed by atoms with E-state index in [4.69, 9.17) is 10.00 Å². The molecule has 8 heteroatoms. The summed E-state index contributed by atoms with van der Waals surface area (Å²) >= 11 is 0. The van der Waals surface area contributed by atoms with Gasteiger partial charge in [0.1, 0.15) is 17.5 Å². The smallest absolute Gasteiger partial charge is 0.247 e. The van der Waals surface area contributed by atoms with Crippen LogP contribution in [0.1, 0.15) is 12.5 Å². The highest BCUT2D eigenvalue weighted by Gasteiger charge is 2.29. The highest BCUT2D eigenvalue weighted by Crippen LogP contribution is 2.27. The molecule has 0 saturated heterocycles. The molecule has 3 aromatic rings. The van der Waals surface area contributed by atoms with Crippen LogP contribution in [0.3, 0.4) is 0 Å². The molecule has 0 aliphatic rings. The molecule has 3 rings (SSSR count). The molecule has 0 aliphatic carbocycles. The number of para-hydroxylation sites is 1. The van der Waals surface area contributed by atoms with Crippen molar-refractivity contribution in [1.82, 2.24) is 0 Å². The third-order valence-corrected chi connectivity index (χ3v) is 5.90. The van der Waals surface area contributed by atoms with E-state index in [2.05, 4.69) is 11.4 Å². The van der Waals surface area contributed by atoms with Gasteiger partial charge in [-0.3, -0.25) is 9.10 Å². The first kappa shape index (κ1) is 22.8. The van der Waals surface area contributed by atoms with Gasteiger partial charge in [-0.2, -0.15) is 5.26 Å². The Hall–Kier alpha value is -3.83. The van der Waals surface area contributed by atoms with Crippen LogP contribution >= 0.6 is 0 Å². The summed E-state index contributed by atoms with van der Waals surface area (Å²) in [6, 6.07) is 23.6. The van der Waals surface area contributed by atoms with Crippen LogP contribution in [-0.4, -0.2) is 26.6 Å². The molecule has 0 unspecified atom stereocenters. The van der Waals surface area contributed by atoms with E-state index in [1.54, 1.807) is 48.5 Å². The number of amides is 1. The number of carbonyl (C=O) groups excluding carboxylic acids is 1. The zero-order valence-corrected chi connectivity index (χ0v) is 18.5. The predicted molar refractivity (Wildman–Crippen MR) is 124 cm³/mol. The second kappa shape index (κ2) is 9.98. The van der Waals surface area contributed by atoms with Gasteiger partial charge in [-0.05, 0) is 61.0 Å². The van der Waals surface area contributed by atoms with Crippen molar-refractivity contribution in [2.24, 2.45) is 0 Å². The lowest BCUT2D eigenvalue weighted by molar-refractivity contribution is -0.116. The van der Waals surface area contributed by atoms with Crippen LogP contribution in [0.15, 0.2) is 78.9 Å². The van der Waals surface area contributed by atoms with Crippen LogP contribution in [0.2, 0.25) is 0 Å². The zero-order valence-electron chi connectivity index (χ0n) is 17.7. The Morgan fingerprint density at radius 1 is 1.00 bits per heavy atom. The van der Waals surface area contributed by atoms with Crippen molar-refractivity contribution in [3.8, 4) is 17.6 Å². The average Bonchev–Trinajstić information content (AvgIpc) is 2.76. The summed E-state index contributed by atoms with van der Waals surface area (Å²) in [7, 11) is -3.74. The number of anilines is 2. The number of benzene rings is 3. The molecular formula is C24H23N3O4S. The zero-order chi connectivity index (χ0) is 23.1. The van der Waals surface area contributed by atoms with Crippen molar-refractivity contribution in [2.75, 3.05) is 15.9 Å². The Labute approximate surface area is 187 Å². The summed E-state index contributed by atoms with van der Waals surface area (Å²) in [6.07, 6.45) is 1.33. The number of sulfonamides is 1. The van der Waals surface area contributed by atoms with Gasteiger partial charge in [0.2, 0.25) is 15.9 Å². The predicted octanol–water partition coefficient (Wildman–Crippen LogP) is 4.34. The van der Waals surface area contributed by atoms with E-state index in [9.17, 15) is 13.2 Å². The first-order valence-electron chi connectivity index (χ1n) is 9.87. The molecule has 0 saturated carbocycles. The molecule has 0 fully saturated rings. The minimum absolute atomic E-state index is 0.274. The highest BCUT2D eigenvalue weighted by atomic mass is 32.2. The second-order valence-electron chi connectivity index (χ2n) is 7.16. The Balaban J connectivity index is 1.76. The first-order chi connectivity index (χ1) is 15.3. The van der Waals surface area contributed by atoms with Gasteiger partial charge in [0.15, 0.2) is 0 Å². The van der Waals surface area contributed by atoms with Crippen molar-refractivity contribution >= 4 is 27.3 Å². The first-order valence-corrected chi connectivity index (χ1v) is 11.7. The number of hydrogen-bond donors (Lipinski definition) is 1. The topological polar surface area (TPSA) is 99.5 Å². The molecule has 164 valence electrons. The Morgan fingerprint density at radius 2 is 1.59 bits per heavy atom. The molecule has 0 aromatic heterocycles. The maximum Gasteiger partial charge on any atom is 0.247 e. The monoisotopic (exact) mass is 449 g/mol. The molecule has 0 radical (unpaired) electrons. The van der Waals surface area contributed by atoms with Gasteiger partial charge in [0, 0.05) is 5.69 Å². The third kappa shape index (κ3) is 5.86. The molecule has 1 amide bonds. The molecule has 32 heavy (non-hydrogen) atoms. The number of hydrogen-bond acceptors (Lipinski definition) is 5. The standard InChI is InChI=1S/C24H23N3O4S/c1-18(24(28)26-20-10-8-19(9-11-20)16-17-25)27(32(2,29)30)21-12-14-23(15-13-21)31-22-6-4-3-5-7-22/h3-15,18H,16H2,1-2H3,(H,26,28)/t18-/m0/s1. The maximum atomic E-state index is 12.8. The largest absolute Gasteiger partial charge is 0.457 e. The van der Waals surface area contributed by atoms with E-state index in [0.717, 1.165) is 16.1 Å². The fourth-order valence-electron chi connectivity index (χ4n) is 3.14. The van der Waals surface area contributed by atoms with Crippen LogP contribution in [0, 0.1) is 11.3 Å². The van der Waals surface area contributed by atoms with Gasteiger partial charge < -0.3 is 10.1 Å². The van der Waals surface area contributed by atoms with Gasteiger partial charge in [0.05, 0.1) is 24.4 Å². The number of nitriles is 1. The Morgan fingerprint density at radius 3 is 2.16 bits per heavy atom. The summed E-state index contributed by atoms with van der Waals surface area (Å²) in [5.74, 6) is 0.727. The fraction of sp³-hybridized carbons (Fsp3) is 0.167. The number of nitrogens with one attached hydrogen (secondary N) is 1. The summed E-state index contributed by atoms with van der Waals surface area (Å²) in [4.78, 5) is 12.8. The van der Waals surface area contributed by atoms with Gasteiger partial charge in [-0.15, -0.1) is 0 Å². The normalized spacial score (nSPS) is 11.8. The lowest BCUT2D eigenvalue weighted by Gasteiger charge is -2.28. The highest BCUT2D eigenvalue weighted by molar-refractivity contribution is 7.92. The van der Waals surface area contributed by atoms with Crippen molar-refractivity contribution in [1.29, 1.82) is 5.26 Å². The average molecular weight is 450 g/mol. The summed E-state index contributed by atoms with van der Waals surface area (Å²) in [5.41, 5.74) is 1.69. The number of ether oxygens (including phenoxy) is 1. The molecule has 1 atom stereocenters. The quantitative estimate of drug-likeness (QED) is 0.552. The van der Waals surface area contributed by atoms with Crippen LogP contribution in [-0.2, 0) is 21.2 Å². The minimum Gasteiger partial charge on any atom is -0.457 e. The Bertz CT molecular complexity index is 1200. The van der Waals surface area contributed by atoms with E-state index in [-0.39, 0.29) is 6.42 Å². The number of carbonyl (C=O) groups is 1. The second-order valence-corrected chi connectivity index (χ2v) is 9.02. The van der Waals surface area contributed by atoms with Gasteiger partial charge >= 0.3 is 0 Å². The summed E-state index contributed by atoms with van der Waals surface area (Å²) in [6.45, 7) is 1.52. The number of rotatable bonds is 8. The van der Waals surface area contributed by atoms with Crippen molar-refractivity contribution in [3.05, 3.63) is 84.4 Å². The van der Waals surface area contributed by atoms with Crippen LogP contribution in [0.5, 0.6) is 11.5 Å². The third-order valence-electron chi connectivity index (χ3n) is 4.66. The van der Waals surface area contributed by atoms with E-state index in [1.807, 2.05) is 30.3 Å². The van der Waals surface area contributed by atoms with E-state index >= 15 is 0 Å². The lowest BCUT2D eigenvalue weighted by atomic mass is 10.1. The van der Waals surface area contributed by atoms with Crippen LogP contribution < -0.4 is 14.4 Å². The summed E-state index contributed by atoms with van der Waals surface area (Å²) in [5, 5.41) is 11.5. The van der Waals surface area contributed by atoms with E-state index in [0.29, 0.717) is 22.9 Å². The maximum absolute atomic E-state index is 12.8. The van der Waals surface area contributed by atoms with E-state index in [1.165, 1.54) is 6.92 Å². The Kier molecular flexibility index (Phi) is 7.13. The van der Waals surface area contributed by atoms with Gasteiger partial charge in [-0.25, -0.2) is 8.42 Å². The molecule has 0 spiro atoms. The van der Waals surface area contributed by atoms with Crippen molar-refractivity contribution in [2.45, 2.75) is 19.4 Å². The molecule has 1 N–H and O–H groups in total. The summed E-state index contributed by atoms with van der Waals surface area (Å²) < 4.78 is 31.8. The van der Waals surface area contributed by atoms with Gasteiger partial charge in [0.25, 0.3) is 0 Å². The molecular weight excluding hydrogens is 426 g/mol. The lowest BCUT2D eigenvalue weighted by Crippen LogP contribution is -2.45. The van der Waals surface area contributed by atoms with Crippen molar-refractivity contribution < 1.29 is 17.9 Å². The minimum atomic E-state index is -3.74. The van der Waals surface area contributed by atoms with E-state index < -0.39 is 22.0 Å². The van der Waals surface area contributed by atoms with Crippen LogP contribution in [0.25, 0.3) is 0 Å². The molecule has 0 aliphatic heterocycles. The molecule has 7 nitrogen and oxygen atoms in total. The van der Waals surface area contributed by atoms with Gasteiger partial charge in [-0.1, -0.05) is 30.3 Å². The van der Waals surface area contributed by atoms with Crippen molar-refractivity contribution in [3.63, 3.8) is 0 Å². The van der Waals surface area contributed by atoms with Crippen LogP contribution in [0.4, 0.5) is 11.4 Å². The molecule has 0 bridgehead atoms. The molecule has 0 heterocycles. The number of nitrogens with zero attached hydrogens (tertiary/aromatic N) is 2. The fourth-order valence-corrected chi connectivity index (χ4v) is 4.31. The molecule has 3 aromatic carbocycles.